The van der Waals surface area contributed by atoms with Gasteiger partial charge in [0.2, 0.25) is 0 Å². The molecule has 0 N–H and O–H groups in total. The van der Waals surface area contributed by atoms with E-state index in [1.807, 2.05) is 36.4 Å². The van der Waals surface area contributed by atoms with Gasteiger partial charge in [-0.1, -0.05) is 67.1 Å². The van der Waals surface area contributed by atoms with Crippen LogP contribution in [-0.2, 0) is 6.42 Å². The molecule has 0 aromatic heterocycles. The molecule has 0 saturated heterocycles. The smallest absolute Gasteiger partial charge is 0.185 e. The summed E-state index contributed by atoms with van der Waals surface area (Å²) in [5.41, 5.74) is 2.75. The Hall–Kier alpha value is -1.86. The molecule has 96 valence electrons. The third-order valence-electron chi connectivity index (χ3n) is 2.94. The van der Waals surface area contributed by atoms with Gasteiger partial charge in [-0.25, -0.2) is 0 Å². The topological polar surface area (TPSA) is 17.1 Å². The lowest BCUT2D eigenvalue weighted by atomic mass is 10.1. The van der Waals surface area contributed by atoms with Crippen LogP contribution in [0.5, 0.6) is 0 Å². The van der Waals surface area contributed by atoms with Crippen LogP contribution in [-0.4, -0.2) is 5.78 Å². The van der Waals surface area contributed by atoms with E-state index in [1.165, 1.54) is 0 Å². The van der Waals surface area contributed by atoms with E-state index >= 15 is 0 Å². The fourth-order valence-electron chi connectivity index (χ4n) is 1.82. The van der Waals surface area contributed by atoms with Crippen LogP contribution in [0.15, 0.2) is 54.6 Å². The van der Waals surface area contributed by atoms with Gasteiger partial charge in [0.25, 0.3) is 0 Å². The van der Waals surface area contributed by atoms with Crippen LogP contribution in [0.1, 0.15) is 28.4 Å². The van der Waals surface area contributed by atoms with Gasteiger partial charge in [0.1, 0.15) is 0 Å². The standard InChI is InChI=1S/C17H15ClO/c1-2-14-10-8-13(12-16(14)18)9-11-17(19)15-6-4-3-5-7-15/h3-12H,2H2,1H3. The van der Waals surface area contributed by atoms with Crippen LogP contribution in [0.2, 0.25) is 5.02 Å². The molecule has 2 aromatic carbocycles. The number of rotatable bonds is 4. The second-order valence-electron chi connectivity index (χ2n) is 4.27. The van der Waals surface area contributed by atoms with Crippen LogP contribution < -0.4 is 0 Å². The Bertz CT molecular complexity index is 600. The van der Waals surface area contributed by atoms with Gasteiger partial charge in [-0.15, -0.1) is 0 Å². The molecular weight excluding hydrogens is 256 g/mol. The second kappa shape index (κ2) is 6.35. The Morgan fingerprint density at radius 2 is 1.89 bits per heavy atom. The molecule has 0 unspecified atom stereocenters. The van der Waals surface area contributed by atoms with Crippen molar-refractivity contribution in [3.63, 3.8) is 0 Å². The largest absolute Gasteiger partial charge is 0.289 e. The number of hydrogen-bond acceptors (Lipinski definition) is 1. The van der Waals surface area contributed by atoms with Gasteiger partial charge in [-0.2, -0.15) is 0 Å². The molecule has 0 aliphatic carbocycles. The van der Waals surface area contributed by atoms with Crippen molar-refractivity contribution in [3.8, 4) is 0 Å². The summed E-state index contributed by atoms with van der Waals surface area (Å²) >= 11 is 6.14. The van der Waals surface area contributed by atoms with Crippen LogP contribution >= 0.6 is 11.6 Å². The Morgan fingerprint density at radius 1 is 1.16 bits per heavy atom. The minimum Gasteiger partial charge on any atom is -0.289 e. The maximum atomic E-state index is 11.9. The molecule has 19 heavy (non-hydrogen) atoms. The first-order valence-corrected chi connectivity index (χ1v) is 6.64. The third kappa shape index (κ3) is 3.55. The maximum absolute atomic E-state index is 11.9. The Labute approximate surface area is 118 Å². The lowest BCUT2D eigenvalue weighted by Crippen LogP contribution is -1.92. The number of halogens is 1. The lowest BCUT2D eigenvalue weighted by molar-refractivity contribution is 0.104. The van der Waals surface area contributed by atoms with Crippen molar-refractivity contribution >= 4 is 23.5 Å². The van der Waals surface area contributed by atoms with E-state index in [-0.39, 0.29) is 5.78 Å². The predicted molar refractivity (Wildman–Crippen MR) is 80.6 cm³/mol. The van der Waals surface area contributed by atoms with E-state index in [2.05, 4.69) is 6.92 Å². The van der Waals surface area contributed by atoms with Crippen molar-refractivity contribution in [2.75, 3.05) is 0 Å². The van der Waals surface area contributed by atoms with Crippen LogP contribution in [0.3, 0.4) is 0 Å². The van der Waals surface area contributed by atoms with Crippen molar-refractivity contribution in [2.24, 2.45) is 0 Å². The molecule has 0 spiro atoms. The number of carbonyl (C=O) groups is 1. The second-order valence-corrected chi connectivity index (χ2v) is 4.68. The van der Waals surface area contributed by atoms with Crippen molar-refractivity contribution in [1.29, 1.82) is 0 Å². The van der Waals surface area contributed by atoms with Gasteiger partial charge in [0.05, 0.1) is 0 Å². The minimum absolute atomic E-state index is 0.00343. The molecule has 0 fully saturated rings. The van der Waals surface area contributed by atoms with E-state index in [9.17, 15) is 4.79 Å². The minimum atomic E-state index is -0.00343. The Kier molecular flexibility index (Phi) is 4.53. The molecule has 0 aliphatic rings. The fraction of sp³-hybridized carbons (Fsp3) is 0.118. The van der Waals surface area contributed by atoms with E-state index in [0.29, 0.717) is 5.56 Å². The zero-order valence-corrected chi connectivity index (χ0v) is 11.5. The average Bonchev–Trinajstić information content (AvgIpc) is 2.46. The molecule has 0 aliphatic heterocycles. The molecule has 2 aromatic rings. The quantitative estimate of drug-likeness (QED) is 0.576. The normalized spacial score (nSPS) is 10.8. The molecule has 0 heterocycles. The first-order valence-electron chi connectivity index (χ1n) is 6.26. The summed E-state index contributed by atoms with van der Waals surface area (Å²) in [6, 6.07) is 15.1. The number of carbonyl (C=O) groups excluding carboxylic acids is 1. The van der Waals surface area contributed by atoms with Gasteiger partial charge >= 0.3 is 0 Å². The van der Waals surface area contributed by atoms with Crippen molar-refractivity contribution in [3.05, 3.63) is 76.3 Å². The van der Waals surface area contributed by atoms with Crippen LogP contribution in [0.4, 0.5) is 0 Å². The first kappa shape index (κ1) is 13.6. The van der Waals surface area contributed by atoms with E-state index in [0.717, 1.165) is 22.6 Å². The number of aryl methyl sites for hydroxylation is 1. The van der Waals surface area contributed by atoms with Gasteiger partial charge in [0, 0.05) is 10.6 Å². The van der Waals surface area contributed by atoms with Crippen molar-refractivity contribution < 1.29 is 4.79 Å². The SMILES string of the molecule is CCc1ccc(C=CC(=O)c2ccccc2)cc1Cl. The number of benzene rings is 2. The molecule has 0 radical (unpaired) electrons. The van der Waals surface area contributed by atoms with Gasteiger partial charge in [0.15, 0.2) is 5.78 Å². The molecule has 0 atom stereocenters. The summed E-state index contributed by atoms with van der Waals surface area (Å²) in [7, 11) is 0. The Balaban J connectivity index is 2.15. The van der Waals surface area contributed by atoms with E-state index < -0.39 is 0 Å². The highest BCUT2D eigenvalue weighted by Gasteiger charge is 2.01. The number of allylic oxidation sites excluding steroid dienone is 1. The van der Waals surface area contributed by atoms with Crippen LogP contribution in [0, 0.1) is 0 Å². The molecule has 0 bridgehead atoms. The predicted octanol–water partition coefficient (Wildman–Crippen LogP) is 4.80. The maximum Gasteiger partial charge on any atom is 0.185 e. The first-order chi connectivity index (χ1) is 9.20. The molecule has 1 nitrogen and oxygen atoms in total. The highest BCUT2D eigenvalue weighted by molar-refractivity contribution is 6.31. The molecular formula is C17H15ClO. The summed E-state index contributed by atoms with van der Waals surface area (Å²) in [6.45, 7) is 2.07. The number of hydrogen-bond donors (Lipinski definition) is 0. The summed E-state index contributed by atoms with van der Waals surface area (Å²) in [5.74, 6) is -0.00343. The zero-order valence-electron chi connectivity index (χ0n) is 10.8. The number of ketones is 1. The highest BCUT2D eigenvalue weighted by atomic mass is 35.5. The summed E-state index contributed by atoms with van der Waals surface area (Å²) in [4.78, 5) is 11.9. The fourth-order valence-corrected chi connectivity index (χ4v) is 2.15. The molecule has 2 rings (SSSR count). The summed E-state index contributed by atoms with van der Waals surface area (Å²) < 4.78 is 0. The Morgan fingerprint density at radius 3 is 2.53 bits per heavy atom. The lowest BCUT2D eigenvalue weighted by Gasteiger charge is -2.01. The van der Waals surface area contributed by atoms with E-state index in [1.54, 1.807) is 24.3 Å². The van der Waals surface area contributed by atoms with Gasteiger partial charge in [-0.05, 0) is 29.7 Å². The van der Waals surface area contributed by atoms with Gasteiger partial charge in [-0.3, -0.25) is 4.79 Å². The highest BCUT2D eigenvalue weighted by Crippen LogP contribution is 2.19. The third-order valence-corrected chi connectivity index (χ3v) is 3.30. The van der Waals surface area contributed by atoms with Crippen molar-refractivity contribution in [1.82, 2.24) is 0 Å². The summed E-state index contributed by atoms with van der Waals surface area (Å²) in [5, 5.41) is 0.747. The van der Waals surface area contributed by atoms with E-state index in [4.69, 9.17) is 11.6 Å². The molecule has 0 saturated carbocycles. The van der Waals surface area contributed by atoms with Crippen molar-refractivity contribution in [2.45, 2.75) is 13.3 Å². The average molecular weight is 271 g/mol. The summed E-state index contributed by atoms with van der Waals surface area (Å²) in [6.07, 6.45) is 4.28. The monoisotopic (exact) mass is 270 g/mol. The van der Waals surface area contributed by atoms with Crippen LogP contribution in [0.25, 0.3) is 6.08 Å². The van der Waals surface area contributed by atoms with Gasteiger partial charge < -0.3 is 0 Å². The molecule has 2 heteroatoms. The molecule has 0 amide bonds. The zero-order chi connectivity index (χ0) is 13.7.